The van der Waals surface area contributed by atoms with Crippen LogP contribution in [-0.2, 0) is 19.1 Å². The van der Waals surface area contributed by atoms with Crippen LogP contribution >= 0.6 is 0 Å². The minimum atomic E-state index is -4.32. The fraction of sp³-hybridized carbons (Fsp3) is 0.278. The maximum atomic E-state index is 12.4. The first-order chi connectivity index (χ1) is 14.3. The summed E-state index contributed by atoms with van der Waals surface area (Å²) in [5.74, 6) is 0.212. The summed E-state index contributed by atoms with van der Waals surface area (Å²) in [6, 6.07) is 3.70. The predicted molar refractivity (Wildman–Crippen MR) is 96.3 cm³/mol. The molecule has 0 radical (unpaired) electrons. The smallest absolute Gasteiger partial charge is 0.417 e. The number of hydrogen-bond donors (Lipinski definition) is 1. The van der Waals surface area contributed by atoms with Gasteiger partial charge in [-0.1, -0.05) is 0 Å². The van der Waals surface area contributed by atoms with E-state index in [-0.39, 0.29) is 17.3 Å². The predicted octanol–water partition coefficient (Wildman–Crippen LogP) is 2.65. The average molecular weight is 419 g/mol. The van der Waals surface area contributed by atoms with Crippen molar-refractivity contribution >= 4 is 11.4 Å². The molecule has 9 nitrogen and oxygen atoms in total. The summed E-state index contributed by atoms with van der Waals surface area (Å²) in [6.07, 6.45) is 0.894. The second-order valence-electron chi connectivity index (χ2n) is 6.51. The van der Waals surface area contributed by atoms with Gasteiger partial charge in [0.15, 0.2) is 0 Å². The van der Waals surface area contributed by atoms with Crippen LogP contribution in [0.2, 0.25) is 0 Å². The normalized spacial score (nSPS) is 13.7. The average Bonchev–Trinajstić information content (AvgIpc) is 3.46. The van der Waals surface area contributed by atoms with Crippen molar-refractivity contribution in [1.29, 1.82) is 0 Å². The van der Waals surface area contributed by atoms with Gasteiger partial charge in [0.2, 0.25) is 5.89 Å². The van der Waals surface area contributed by atoms with Crippen molar-refractivity contribution in [2.75, 3.05) is 6.54 Å². The molecule has 0 aromatic carbocycles. The van der Waals surface area contributed by atoms with Gasteiger partial charge in [0.05, 0.1) is 35.3 Å². The van der Waals surface area contributed by atoms with Crippen LogP contribution in [0.3, 0.4) is 0 Å². The zero-order valence-corrected chi connectivity index (χ0v) is 15.7. The van der Waals surface area contributed by atoms with Crippen molar-refractivity contribution in [2.45, 2.75) is 26.1 Å². The van der Waals surface area contributed by atoms with Gasteiger partial charge in [0.1, 0.15) is 0 Å². The van der Waals surface area contributed by atoms with Crippen LogP contribution in [0, 0.1) is 6.92 Å². The number of halogens is 3. The Hall–Kier alpha value is -3.70. The SMILES string of the molecule is Cc1nnc(C(=O)N2CCc3nc[nH]c3C2)o1.FC(F)(F)c1cccn2nccc12. The minimum Gasteiger partial charge on any atom is -0.417 e. The third kappa shape index (κ3) is 3.88. The second kappa shape index (κ2) is 7.61. The minimum absolute atomic E-state index is 0.0467. The van der Waals surface area contributed by atoms with E-state index >= 15 is 0 Å². The summed E-state index contributed by atoms with van der Waals surface area (Å²) >= 11 is 0. The van der Waals surface area contributed by atoms with Crippen LogP contribution in [0.15, 0.2) is 41.3 Å². The van der Waals surface area contributed by atoms with E-state index in [1.807, 2.05) is 0 Å². The van der Waals surface area contributed by atoms with Crippen molar-refractivity contribution < 1.29 is 22.4 Å². The second-order valence-corrected chi connectivity index (χ2v) is 6.51. The molecule has 1 aliphatic rings. The number of hydrogen-bond acceptors (Lipinski definition) is 6. The van der Waals surface area contributed by atoms with Gasteiger partial charge in [0, 0.05) is 32.3 Å². The largest absolute Gasteiger partial charge is 0.418 e. The number of pyridine rings is 1. The van der Waals surface area contributed by atoms with Crippen molar-refractivity contribution in [3.05, 3.63) is 65.7 Å². The third-order valence-corrected chi connectivity index (χ3v) is 4.51. The number of carbonyl (C=O) groups excluding carboxylic acids is 1. The molecule has 4 aromatic heterocycles. The number of nitrogens with one attached hydrogen (secondary N) is 1. The fourth-order valence-electron chi connectivity index (χ4n) is 3.10. The van der Waals surface area contributed by atoms with E-state index in [0.717, 1.165) is 23.9 Å². The van der Waals surface area contributed by atoms with Crippen LogP contribution in [0.25, 0.3) is 5.52 Å². The molecule has 4 aromatic rings. The lowest BCUT2D eigenvalue weighted by Gasteiger charge is -2.24. The fourth-order valence-corrected chi connectivity index (χ4v) is 3.10. The van der Waals surface area contributed by atoms with Crippen molar-refractivity contribution in [2.24, 2.45) is 0 Å². The first-order valence-electron chi connectivity index (χ1n) is 8.93. The summed E-state index contributed by atoms with van der Waals surface area (Å²) in [5.41, 5.74) is 1.42. The molecule has 30 heavy (non-hydrogen) atoms. The Labute approximate surface area is 167 Å². The first kappa shape index (κ1) is 19.6. The van der Waals surface area contributed by atoms with Gasteiger partial charge >= 0.3 is 18.0 Å². The molecule has 0 bridgehead atoms. The van der Waals surface area contributed by atoms with E-state index in [1.54, 1.807) is 18.2 Å². The molecule has 0 saturated heterocycles. The van der Waals surface area contributed by atoms with E-state index in [0.29, 0.717) is 19.0 Å². The Morgan fingerprint density at radius 3 is 2.83 bits per heavy atom. The summed E-state index contributed by atoms with van der Waals surface area (Å²) < 4.78 is 43.4. The number of nitrogens with zero attached hydrogens (tertiary/aromatic N) is 6. The molecule has 0 spiro atoms. The van der Waals surface area contributed by atoms with Gasteiger partial charge in [-0.2, -0.15) is 18.3 Å². The summed E-state index contributed by atoms with van der Waals surface area (Å²) in [4.78, 5) is 20.9. The number of aromatic amines is 1. The lowest BCUT2D eigenvalue weighted by Crippen LogP contribution is -2.36. The number of rotatable bonds is 1. The summed E-state index contributed by atoms with van der Waals surface area (Å²) in [5, 5.41) is 11.1. The van der Waals surface area contributed by atoms with Gasteiger partial charge < -0.3 is 14.3 Å². The molecule has 0 unspecified atom stereocenters. The quantitative estimate of drug-likeness (QED) is 0.509. The Morgan fingerprint density at radius 1 is 1.27 bits per heavy atom. The van der Waals surface area contributed by atoms with Gasteiger partial charge in [-0.3, -0.25) is 4.79 Å². The van der Waals surface area contributed by atoms with Crippen LogP contribution < -0.4 is 0 Å². The number of H-pyrrole nitrogens is 1. The Kier molecular flexibility index (Phi) is 4.98. The lowest BCUT2D eigenvalue weighted by molar-refractivity contribution is -0.136. The molecule has 5 rings (SSSR count). The van der Waals surface area contributed by atoms with Gasteiger partial charge in [-0.25, -0.2) is 9.50 Å². The molecule has 0 aliphatic carbocycles. The van der Waals surface area contributed by atoms with Gasteiger partial charge in [-0.15, -0.1) is 10.2 Å². The molecular formula is C18H16F3N7O2. The van der Waals surface area contributed by atoms with E-state index in [2.05, 4.69) is 25.3 Å². The number of carbonyl (C=O) groups is 1. The maximum absolute atomic E-state index is 12.4. The third-order valence-electron chi connectivity index (χ3n) is 4.51. The number of imidazole rings is 1. The molecule has 156 valence electrons. The van der Waals surface area contributed by atoms with Crippen LogP contribution in [0.1, 0.15) is 33.5 Å². The van der Waals surface area contributed by atoms with Crippen LogP contribution in [0.4, 0.5) is 13.2 Å². The maximum Gasteiger partial charge on any atom is 0.418 e. The number of aromatic nitrogens is 6. The summed E-state index contributed by atoms with van der Waals surface area (Å²) in [6.45, 7) is 2.79. The first-order valence-corrected chi connectivity index (χ1v) is 8.93. The monoisotopic (exact) mass is 419 g/mol. The van der Waals surface area contributed by atoms with Crippen molar-refractivity contribution in [3.63, 3.8) is 0 Å². The molecule has 0 fully saturated rings. The number of aryl methyl sites for hydroxylation is 1. The Balaban J connectivity index is 0.000000151. The highest BCUT2D eigenvalue weighted by Crippen LogP contribution is 2.31. The van der Waals surface area contributed by atoms with E-state index in [4.69, 9.17) is 4.42 Å². The molecule has 12 heteroatoms. The standard InChI is InChI=1S/C10H11N5O2.C8H5F3N2/c1-6-13-14-9(17-6)10(16)15-3-2-7-8(4-15)12-5-11-7;9-8(10,11)6-2-1-5-13-7(6)3-4-12-13/h5H,2-4H2,1H3,(H,11,12);1-5H. The van der Waals surface area contributed by atoms with Crippen LogP contribution in [0.5, 0.6) is 0 Å². The highest BCUT2D eigenvalue weighted by molar-refractivity contribution is 5.89. The van der Waals surface area contributed by atoms with Crippen LogP contribution in [-0.4, -0.2) is 47.1 Å². The van der Waals surface area contributed by atoms with Gasteiger partial charge in [-0.05, 0) is 18.2 Å². The topological polar surface area (TPSA) is 105 Å². The zero-order chi connectivity index (χ0) is 21.3. The Morgan fingerprint density at radius 2 is 2.10 bits per heavy atom. The Bertz CT molecular complexity index is 1180. The highest BCUT2D eigenvalue weighted by atomic mass is 19.4. The molecule has 0 saturated carbocycles. The molecular weight excluding hydrogens is 403 g/mol. The molecule has 1 amide bonds. The lowest BCUT2D eigenvalue weighted by atomic mass is 10.1. The number of amides is 1. The highest BCUT2D eigenvalue weighted by Gasteiger charge is 2.32. The molecule has 0 atom stereocenters. The molecule has 1 N–H and O–H groups in total. The van der Waals surface area contributed by atoms with Crippen molar-refractivity contribution in [3.8, 4) is 0 Å². The number of alkyl halides is 3. The van der Waals surface area contributed by atoms with E-state index in [1.165, 1.54) is 29.0 Å². The van der Waals surface area contributed by atoms with Gasteiger partial charge in [0.25, 0.3) is 0 Å². The van der Waals surface area contributed by atoms with E-state index < -0.39 is 11.7 Å². The molecule has 5 heterocycles. The number of fused-ring (bicyclic) bond motifs is 2. The van der Waals surface area contributed by atoms with Crippen molar-refractivity contribution in [1.82, 2.24) is 34.7 Å². The molecule has 1 aliphatic heterocycles. The summed E-state index contributed by atoms with van der Waals surface area (Å²) in [7, 11) is 0. The van der Waals surface area contributed by atoms with E-state index in [9.17, 15) is 18.0 Å². The zero-order valence-electron chi connectivity index (χ0n) is 15.7.